The van der Waals surface area contributed by atoms with Crippen molar-refractivity contribution in [3.63, 3.8) is 0 Å². The first kappa shape index (κ1) is 24.1. The molecule has 0 nitrogen and oxygen atoms in total. The van der Waals surface area contributed by atoms with Crippen LogP contribution in [-0.2, 0) is 0 Å². The van der Waals surface area contributed by atoms with Crippen LogP contribution >= 0.6 is 7.92 Å². The molecule has 2 saturated heterocycles. The summed E-state index contributed by atoms with van der Waals surface area (Å²) in [6.07, 6.45) is 17.9. The number of fused-ring (bicyclic) bond motifs is 2. The van der Waals surface area contributed by atoms with Crippen LogP contribution in [0.15, 0.2) is 36.4 Å². The van der Waals surface area contributed by atoms with E-state index < -0.39 is 7.92 Å². The molecule has 0 aromatic heterocycles. The molecule has 2 fully saturated rings. The van der Waals surface area contributed by atoms with E-state index in [0.29, 0.717) is 0 Å². The molecule has 0 spiro atoms. The summed E-state index contributed by atoms with van der Waals surface area (Å²) in [5, 5.41) is 3.24. The number of unbranched alkanes of at least 4 members (excludes halogenated alkanes) is 3. The second kappa shape index (κ2) is 11.4. The van der Waals surface area contributed by atoms with Gasteiger partial charge in [-0.3, -0.25) is 0 Å². The Morgan fingerprint density at radius 3 is 1.53 bits per heavy atom. The number of aryl methyl sites for hydroxylation is 4. The first-order valence-electron chi connectivity index (χ1n) is 13.5. The highest BCUT2D eigenvalue weighted by Crippen LogP contribution is 2.48. The van der Waals surface area contributed by atoms with Crippen LogP contribution in [0.1, 0.15) is 86.5 Å². The summed E-state index contributed by atoms with van der Waals surface area (Å²) in [6, 6.07) is 14.5. The van der Waals surface area contributed by atoms with Crippen molar-refractivity contribution < 1.29 is 0 Å². The molecule has 172 valence electrons. The molecular formula is C30H45BP+. The van der Waals surface area contributed by atoms with E-state index in [-0.39, 0.29) is 0 Å². The molecule has 0 atom stereocenters. The fourth-order valence-electron chi connectivity index (χ4n) is 7.07. The lowest BCUT2D eigenvalue weighted by molar-refractivity contribution is 0.439. The SMILES string of the molecule is Cc1cc(C)cc([PH+](CCCCCCB2C3CCCC2CCC3)c2cc(C)cc(C)c2)c1. The second-order valence-corrected chi connectivity index (χ2v) is 13.8. The maximum atomic E-state index is 2.47. The standard InChI is InChI=1S/C30H44BP/c1-23-17-24(2)20-29(19-23)32(30-21-25(3)18-26(4)22-30)16-8-6-5-7-15-31-27-11-9-12-28(31)14-10-13-27/h17-22,27-28H,5-16H2,1-4H3/p+1. The molecule has 0 unspecified atom stereocenters. The number of hydrogen-bond donors (Lipinski definition) is 0. The van der Waals surface area contributed by atoms with Crippen molar-refractivity contribution in [2.24, 2.45) is 0 Å². The van der Waals surface area contributed by atoms with E-state index in [1.165, 1.54) is 73.3 Å². The van der Waals surface area contributed by atoms with Crippen LogP contribution in [0.5, 0.6) is 0 Å². The predicted octanol–water partition coefficient (Wildman–Crippen LogP) is 8.25. The fraction of sp³-hybridized carbons (Fsp3) is 0.600. The third kappa shape index (κ3) is 6.29. The monoisotopic (exact) mass is 447 g/mol. The van der Waals surface area contributed by atoms with E-state index in [1.807, 2.05) is 0 Å². The molecule has 2 heterocycles. The highest BCUT2D eigenvalue weighted by Gasteiger charge is 2.38. The van der Waals surface area contributed by atoms with Crippen molar-refractivity contribution >= 4 is 25.2 Å². The molecule has 2 heteroatoms. The highest BCUT2D eigenvalue weighted by molar-refractivity contribution is 7.73. The van der Waals surface area contributed by atoms with Gasteiger partial charge >= 0.3 is 0 Å². The van der Waals surface area contributed by atoms with Crippen LogP contribution < -0.4 is 10.6 Å². The average Bonchev–Trinajstić information content (AvgIpc) is 2.71. The number of benzene rings is 2. The molecular weight excluding hydrogens is 402 g/mol. The molecule has 0 saturated carbocycles. The molecule has 0 radical (unpaired) electrons. The van der Waals surface area contributed by atoms with Gasteiger partial charge in [-0.2, -0.15) is 0 Å². The van der Waals surface area contributed by atoms with Crippen LogP contribution in [0, 0.1) is 27.7 Å². The first-order valence-corrected chi connectivity index (χ1v) is 15.2. The molecule has 2 aliphatic rings. The lowest BCUT2D eigenvalue weighted by Gasteiger charge is -2.40. The van der Waals surface area contributed by atoms with Crippen LogP contribution in [0.4, 0.5) is 0 Å². The zero-order chi connectivity index (χ0) is 22.5. The third-order valence-corrected chi connectivity index (χ3v) is 11.2. The lowest BCUT2D eigenvalue weighted by atomic mass is 9.26. The Bertz CT molecular complexity index is 774. The Kier molecular flexibility index (Phi) is 8.56. The lowest BCUT2D eigenvalue weighted by Crippen LogP contribution is -2.34. The van der Waals surface area contributed by atoms with Gasteiger partial charge < -0.3 is 0 Å². The first-order chi connectivity index (χ1) is 15.5. The van der Waals surface area contributed by atoms with Crippen LogP contribution in [0.25, 0.3) is 0 Å². The van der Waals surface area contributed by atoms with Crippen molar-refractivity contribution in [3.05, 3.63) is 58.7 Å². The topological polar surface area (TPSA) is 0 Å². The summed E-state index contributed by atoms with van der Waals surface area (Å²) < 4.78 is 0. The van der Waals surface area contributed by atoms with Crippen LogP contribution in [0.3, 0.4) is 0 Å². The highest BCUT2D eigenvalue weighted by atomic mass is 31.1. The van der Waals surface area contributed by atoms with Gasteiger partial charge in [-0.1, -0.05) is 81.5 Å². The molecule has 2 aliphatic heterocycles. The minimum atomic E-state index is -0.707. The summed E-state index contributed by atoms with van der Waals surface area (Å²) >= 11 is 0. The van der Waals surface area contributed by atoms with Gasteiger partial charge in [-0.25, -0.2) is 0 Å². The second-order valence-electron chi connectivity index (χ2n) is 11.2. The third-order valence-electron chi connectivity index (χ3n) is 8.37. The average molecular weight is 447 g/mol. The van der Waals surface area contributed by atoms with E-state index in [4.69, 9.17) is 0 Å². The Morgan fingerprint density at radius 2 is 1.06 bits per heavy atom. The zero-order valence-electron chi connectivity index (χ0n) is 21.2. The summed E-state index contributed by atoms with van der Waals surface area (Å²) in [5.74, 6) is 2.18. The van der Waals surface area contributed by atoms with E-state index in [1.54, 1.807) is 36.3 Å². The minimum absolute atomic E-state index is 0.707. The largest absolute Gasteiger partial charge is 0.146 e. The van der Waals surface area contributed by atoms with Gasteiger partial charge in [0, 0.05) is 0 Å². The van der Waals surface area contributed by atoms with E-state index in [0.717, 1.165) is 18.3 Å². The Balaban J connectivity index is 1.33. The molecule has 2 aromatic carbocycles. The van der Waals surface area contributed by atoms with Gasteiger partial charge in [0.2, 0.25) is 0 Å². The fourth-order valence-corrected chi connectivity index (χ4v) is 10.2. The van der Waals surface area contributed by atoms with Crippen molar-refractivity contribution in [1.29, 1.82) is 0 Å². The van der Waals surface area contributed by atoms with Gasteiger partial charge in [0.25, 0.3) is 0 Å². The zero-order valence-corrected chi connectivity index (χ0v) is 22.2. The van der Waals surface area contributed by atoms with Gasteiger partial charge in [0.15, 0.2) is 0 Å². The molecule has 0 amide bonds. The summed E-state index contributed by atoms with van der Waals surface area (Å²) in [6.45, 7) is 10.1. The molecule has 0 aliphatic carbocycles. The smallest absolute Gasteiger partial charge is 0.0737 e. The maximum Gasteiger partial charge on any atom is 0.146 e. The normalized spacial score (nSPS) is 20.7. The molecule has 2 aromatic rings. The Labute approximate surface area is 199 Å². The molecule has 2 bridgehead atoms. The summed E-state index contributed by atoms with van der Waals surface area (Å²) in [7, 11) is -0.707. The van der Waals surface area contributed by atoms with Crippen LogP contribution in [-0.4, -0.2) is 12.9 Å². The van der Waals surface area contributed by atoms with Crippen LogP contribution in [0.2, 0.25) is 18.0 Å². The van der Waals surface area contributed by atoms with Crippen molar-refractivity contribution in [2.75, 3.05) is 6.16 Å². The van der Waals surface area contributed by atoms with E-state index in [9.17, 15) is 0 Å². The Morgan fingerprint density at radius 1 is 0.625 bits per heavy atom. The van der Waals surface area contributed by atoms with Gasteiger partial charge in [-0.15, -0.1) is 0 Å². The molecule has 4 rings (SSSR count). The van der Waals surface area contributed by atoms with Crippen molar-refractivity contribution in [2.45, 2.75) is 110 Å². The number of hydrogen-bond acceptors (Lipinski definition) is 0. The van der Waals surface area contributed by atoms with Gasteiger partial charge in [0.05, 0.1) is 24.7 Å². The molecule has 32 heavy (non-hydrogen) atoms. The van der Waals surface area contributed by atoms with Crippen molar-refractivity contribution in [3.8, 4) is 0 Å². The van der Waals surface area contributed by atoms with E-state index in [2.05, 4.69) is 64.1 Å². The molecule has 0 N–H and O–H groups in total. The summed E-state index contributed by atoms with van der Waals surface area (Å²) in [4.78, 5) is 0. The van der Waals surface area contributed by atoms with Gasteiger partial charge in [-0.05, 0) is 87.1 Å². The van der Waals surface area contributed by atoms with Gasteiger partial charge in [0.1, 0.15) is 6.71 Å². The minimum Gasteiger partial charge on any atom is -0.0737 e. The Hall–Kier alpha value is -1.07. The van der Waals surface area contributed by atoms with E-state index >= 15 is 0 Å². The maximum absolute atomic E-state index is 2.47. The quantitative estimate of drug-likeness (QED) is 0.206. The van der Waals surface area contributed by atoms with Crippen molar-refractivity contribution in [1.82, 2.24) is 0 Å². The predicted molar refractivity (Wildman–Crippen MR) is 149 cm³/mol. The summed E-state index contributed by atoms with van der Waals surface area (Å²) in [5.41, 5.74) is 5.68. The number of rotatable bonds is 9.